The van der Waals surface area contributed by atoms with Gasteiger partial charge < -0.3 is 10.6 Å². The van der Waals surface area contributed by atoms with Gasteiger partial charge in [0.25, 0.3) is 0 Å². The van der Waals surface area contributed by atoms with Crippen LogP contribution in [0.4, 0.5) is 0 Å². The van der Waals surface area contributed by atoms with Gasteiger partial charge in [-0.25, -0.2) is 0 Å². The van der Waals surface area contributed by atoms with Gasteiger partial charge in [-0.15, -0.1) is 0 Å². The molecule has 0 aromatic carbocycles. The standard InChI is InChI=1S/C12H20N4/c1-2-16(10-6-12(13)14)9-5-11-3-7-15-8-4-11/h3-4,7-8H,2,5-6,9-10H2,1H3,(H3,13,14). The Morgan fingerprint density at radius 3 is 2.62 bits per heavy atom. The van der Waals surface area contributed by atoms with Gasteiger partial charge in [-0.2, -0.15) is 0 Å². The van der Waals surface area contributed by atoms with Crippen molar-refractivity contribution in [2.45, 2.75) is 19.8 Å². The monoisotopic (exact) mass is 220 g/mol. The van der Waals surface area contributed by atoms with Gasteiger partial charge in [0.05, 0.1) is 5.84 Å². The zero-order valence-electron chi connectivity index (χ0n) is 9.82. The van der Waals surface area contributed by atoms with Crippen molar-refractivity contribution in [3.8, 4) is 0 Å². The van der Waals surface area contributed by atoms with E-state index in [2.05, 4.69) is 16.8 Å². The summed E-state index contributed by atoms with van der Waals surface area (Å²) < 4.78 is 0. The minimum absolute atomic E-state index is 0.266. The number of nitrogens with two attached hydrogens (primary N) is 1. The summed E-state index contributed by atoms with van der Waals surface area (Å²) in [6, 6.07) is 4.08. The molecule has 0 fully saturated rings. The molecule has 0 aliphatic carbocycles. The Kier molecular flexibility index (Phi) is 5.50. The summed E-state index contributed by atoms with van der Waals surface area (Å²) in [6.45, 7) is 5.01. The van der Waals surface area contributed by atoms with Gasteiger partial charge in [-0.3, -0.25) is 10.4 Å². The second-order valence-corrected chi connectivity index (χ2v) is 3.81. The summed E-state index contributed by atoms with van der Waals surface area (Å²) in [6.07, 6.45) is 5.32. The fraction of sp³-hybridized carbons (Fsp3) is 0.500. The van der Waals surface area contributed by atoms with Gasteiger partial charge in [0.2, 0.25) is 0 Å². The van der Waals surface area contributed by atoms with Crippen LogP contribution in [0.1, 0.15) is 18.9 Å². The van der Waals surface area contributed by atoms with Gasteiger partial charge in [0, 0.05) is 31.9 Å². The fourth-order valence-corrected chi connectivity index (χ4v) is 1.54. The number of nitrogens with one attached hydrogen (secondary N) is 1. The van der Waals surface area contributed by atoms with Crippen LogP contribution in [0.2, 0.25) is 0 Å². The minimum Gasteiger partial charge on any atom is -0.388 e. The molecule has 3 N–H and O–H groups in total. The van der Waals surface area contributed by atoms with Crippen molar-refractivity contribution in [1.29, 1.82) is 5.41 Å². The lowest BCUT2D eigenvalue weighted by Gasteiger charge is -2.19. The third kappa shape index (κ3) is 4.89. The number of likely N-dealkylation sites (N-methyl/N-ethyl adjacent to an activating group) is 1. The van der Waals surface area contributed by atoms with Crippen LogP contribution < -0.4 is 5.73 Å². The van der Waals surface area contributed by atoms with Crippen molar-refractivity contribution in [2.75, 3.05) is 19.6 Å². The number of hydrogen-bond acceptors (Lipinski definition) is 3. The van der Waals surface area contributed by atoms with Gasteiger partial charge in [-0.05, 0) is 30.7 Å². The van der Waals surface area contributed by atoms with E-state index in [0.717, 1.165) is 26.1 Å². The fourth-order valence-electron chi connectivity index (χ4n) is 1.54. The number of pyridine rings is 1. The maximum atomic E-state index is 7.20. The molecule has 0 amide bonds. The largest absolute Gasteiger partial charge is 0.388 e. The predicted octanol–water partition coefficient (Wildman–Crippen LogP) is 1.27. The highest BCUT2D eigenvalue weighted by Gasteiger charge is 2.03. The van der Waals surface area contributed by atoms with Crippen molar-refractivity contribution in [1.82, 2.24) is 9.88 Å². The Morgan fingerprint density at radius 2 is 2.06 bits per heavy atom. The summed E-state index contributed by atoms with van der Waals surface area (Å²) in [5.74, 6) is 0.266. The van der Waals surface area contributed by atoms with Crippen molar-refractivity contribution >= 4 is 5.84 Å². The first-order chi connectivity index (χ1) is 7.72. The lowest BCUT2D eigenvalue weighted by molar-refractivity contribution is 0.300. The van der Waals surface area contributed by atoms with Gasteiger partial charge in [0.1, 0.15) is 0 Å². The molecule has 0 spiro atoms. The SMILES string of the molecule is CCN(CCC(=N)N)CCc1ccncc1. The van der Waals surface area contributed by atoms with Crippen LogP contribution >= 0.6 is 0 Å². The van der Waals surface area contributed by atoms with Crippen LogP contribution in [0, 0.1) is 5.41 Å². The van der Waals surface area contributed by atoms with E-state index in [1.54, 1.807) is 0 Å². The van der Waals surface area contributed by atoms with E-state index in [9.17, 15) is 0 Å². The summed E-state index contributed by atoms with van der Waals surface area (Å²) in [5, 5.41) is 7.20. The molecule has 0 unspecified atom stereocenters. The molecule has 0 radical (unpaired) electrons. The molecule has 1 aromatic heterocycles. The number of amidine groups is 1. The molecule has 0 saturated heterocycles. The zero-order chi connectivity index (χ0) is 11.8. The van der Waals surface area contributed by atoms with Crippen LogP contribution in [0.25, 0.3) is 0 Å². The van der Waals surface area contributed by atoms with Gasteiger partial charge in [0.15, 0.2) is 0 Å². The Bertz CT molecular complexity index is 310. The third-order valence-corrected chi connectivity index (χ3v) is 2.61. The molecular formula is C12H20N4. The first kappa shape index (κ1) is 12.6. The van der Waals surface area contributed by atoms with Crippen LogP contribution in [-0.4, -0.2) is 35.4 Å². The molecule has 0 saturated carbocycles. The highest BCUT2D eigenvalue weighted by molar-refractivity contribution is 5.76. The zero-order valence-corrected chi connectivity index (χ0v) is 9.82. The second-order valence-electron chi connectivity index (χ2n) is 3.81. The van der Waals surface area contributed by atoms with Crippen molar-refractivity contribution < 1.29 is 0 Å². The molecule has 4 heteroatoms. The Balaban J connectivity index is 2.31. The summed E-state index contributed by atoms with van der Waals surface area (Å²) in [5.41, 5.74) is 6.65. The number of nitrogens with zero attached hydrogens (tertiary/aromatic N) is 2. The van der Waals surface area contributed by atoms with E-state index >= 15 is 0 Å². The topological polar surface area (TPSA) is 66.0 Å². The average Bonchev–Trinajstić information content (AvgIpc) is 2.30. The van der Waals surface area contributed by atoms with Crippen LogP contribution in [0.15, 0.2) is 24.5 Å². The average molecular weight is 220 g/mol. The van der Waals surface area contributed by atoms with Crippen LogP contribution in [0.3, 0.4) is 0 Å². The van der Waals surface area contributed by atoms with E-state index in [0.29, 0.717) is 6.42 Å². The molecular weight excluding hydrogens is 200 g/mol. The van der Waals surface area contributed by atoms with E-state index < -0.39 is 0 Å². The molecule has 1 aromatic rings. The van der Waals surface area contributed by atoms with Gasteiger partial charge in [-0.1, -0.05) is 6.92 Å². The summed E-state index contributed by atoms with van der Waals surface area (Å²) in [4.78, 5) is 6.30. The van der Waals surface area contributed by atoms with E-state index in [1.807, 2.05) is 24.5 Å². The highest BCUT2D eigenvalue weighted by atomic mass is 15.1. The maximum Gasteiger partial charge on any atom is 0.0918 e. The molecule has 4 nitrogen and oxygen atoms in total. The molecule has 1 heterocycles. The second kappa shape index (κ2) is 6.95. The first-order valence-corrected chi connectivity index (χ1v) is 5.66. The molecule has 0 bridgehead atoms. The lowest BCUT2D eigenvalue weighted by Crippen LogP contribution is -2.29. The van der Waals surface area contributed by atoms with Crippen LogP contribution in [0.5, 0.6) is 0 Å². The minimum atomic E-state index is 0.266. The quantitative estimate of drug-likeness (QED) is 0.537. The molecule has 0 aliphatic rings. The molecule has 0 atom stereocenters. The van der Waals surface area contributed by atoms with Gasteiger partial charge >= 0.3 is 0 Å². The van der Waals surface area contributed by atoms with Crippen LogP contribution in [-0.2, 0) is 6.42 Å². The number of rotatable bonds is 7. The van der Waals surface area contributed by atoms with Crippen molar-refractivity contribution in [2.24, 2.45) is 5.73 Å². The van der Waals surface area contributed by atoms with E-state index in [1.165, 1.54) is 5.56 Å². The lowest BCUT2D eigenvalue weighted by atomic mass is 10.2. The number of hydrogen-bond donors (Lipinski definition) is 2. The van der Waals surface area contributed by atoms with E-state index in [4.69, 9.17) is 11.1 Å². The Labute approximate surface area is 97.0 Å². The molecule has 16 heavy (non-hydrogen) atoms. The number of aromatic nitrogens is 1. The van der Waals surface area contributed by atoms with Crippen molar-refractivity contribution in [3.05, 3.63) is 30.1 Å². The smallest absolute Gasteiger partial charge is 0.0918 e. The molecule has 1 rings (SSSR count). The summed E-state index contributed by atoms with van der Waals surface area (Å²) in [7, 11) is 0. The summed E-state index contributed by atoms with van der Waals surface area (Å²) >= 11 is 0. The molecule has 88 valence electrons. The predicted molar refractivity (Wildman–Crippen MR) is 66.6 cm³/mol. The molecule has 0 aliphatic heterocycles. The first-order valence-electron chi connectivity index (χ1n) is 5.66. The third-order valence-electron chi connectivity index (χ3n) is 2.61. The maximum absolute atomic E-state index is 7.20. The van der Waals surface area contributed by atoms with E-state index in [-0.39, 0.29) is 5.84 Å². The highest BCUT2D eigenvalue weighted by Crippen LogP contribution is 2.00. The normalized spacial score (nSPS) is 10.6. The Hall–Kier alpha value is -1.42. The van der Waals surface area contributed by atoms with Crippen molar-refractivity contribution in [3.63, 3.8) is 0 Å². The Morgan fingerprint density at radius 1 is 1.38 bits per heavy atom.